The Balaban J connectivity index is 1.53. The number of halogens is 2. The molecule has 1 aliphatic rings. The Bertz CT molecular complexity index is 1030. The second kappa shape index (κ2) is 9.72. The van der Waals surface area contributed by atoms with Crippen LogP contribution in [0.4, 0.5) is 8.78 Å². The van der Waals surface area contributed by atoms with Gasteiger partial charge in [-0.2, -0.15) is 0 Å². The molecule has 1 heterocycles. The lowest BCUT2D eigenvalue weighted by atomic mass is 9.81. The van der Waals surface area contributed by atoms with Gasteiger partial charge in [0.2, 0.25) is 0 Å². The molecule has 1 saturated carbocycles. The highest BCUT2D eigenvalue weighted by Crippen LogP contribution is 2.42. The predicted molar refractivity (Wildman–Crippen MR) is 125 cm³/mol. The van der Waals surface area contributed by atoms with Crippen LogP contribution in [0.1, 0.15) is 59.3 Å². The van der Waals surface area contributed by atoms with Crippen LogP contribution in [0.2, 0.25) is 0 Å². The van der Waals surface area contributed by atoms with Gasteiger partial charge in [0.1, 0.15) is 0 Å². The van der Waals surface area contributed by atoms with Gasteiger partial charge in [-0.05, 0) is 61.3 Å². The first-order valence-electron chi connectivity index (χ1n) is 11.6. The van der Waals surface area contributed by atoms with Crippen molar-refractivity contribution in [3.05, 3.63) is 35.9 Å². The summed E-state index contributed by atoms with van der Waals surface area (Å²) in [4.78, 5) is 0. The molecule has 31 heavy (non-hydrogen) atoms. The van der Waals surface area contributed by atoms with E-state index >= 15 is 8.78 Å². The van der Waals surface area contributed by atoms with Crippen LogP contribution >= 0.6 is 11.3 Å². The number of hydrogen-bond acceptors (Lipinski definition) is 3. The third-order valence-electron chi connectivity index (χ3n) is 6.59. The summed E-state index contributed by atoms with van der Waals surface area (Å²) in [5.41, 5.74) is 0. The maximum atomic E-state index is 15.2. The van der Waals surface area contributed by atoms with E-state index in [1.807, 2.05) is 12.1 Å². The minimum atomic E-state index is -0.406. The van der Waals surface area contributed by atoms with Gasteiger partial charge in [0.15, 0.2) is 23.1 Å². The van der Waals surface area contributed by atoms with Crippen molar-refractivity contribution in [3.63, 3.8) is 0 Å². The summed E-state index contributed by atoms with van der Waals surface area (Å²) in [5.74, 6) is 1.52. The molecule has 1 aliphatic carbocycles. The third-order valence-corrected chi connectivity index (χ3v) is 7.80. The van der Waals surface area contributed by atoms with E-state index in [2.05, 4.69) is 20.8 Å². The Morgan fingerprint density at radius 2 is 1.42 bits per heavy atom. The predicted octanol–water partition coefficient (Wildman–Crippen LogP) is 8.35. The van der Waals surface area contributed by atoms with Crippen LogP contribution in [0.5, 0.6) is 11.5 Å². The largest absolute Gasteiger partial charge is 0.490 e. The molecule has 0 atom stereocenters. The fourth-order valence-corrected chi connectivity index (χ4v) is 5.60. The number of thiophene rings is 1. The summed E-state index contributed by atoms with van der Waals surface area (Å²) in [6.45, 7) is 7.48. The molecular formula is C26H32F2O2S. The van der Waals surface area contributed by atoms with Gasteiger partial charge in [-0.25, -0.2) is 8.78 Å². The summed E-state index contributed by atoms with van der Waals surface area (Å²) in [5, 5.41) is 1.44. The van der Waals surface area contributed by atoms with Crippen molar-refractivity contribution in [1.29, 1.82) is 0 Å². The molecule has 0 N–H and O–H groups in total. The van der Waals surface area contributed by atoms with Gasteiger partial charge in [-0.3, -0.25) is 0 Å². The highest BCUT2D eigenvalue weighted by atomic mass is 32.1. The molecule has 5 heteroatoms. The van der Waals surface area contributed by atoms with Gasteiger partial charge in [-0.15, -0.1) is 11.3 Å². The van der Waals surface area contributed by atoms with Crippen LogP contribution in [-0.4, -0.2) is 13.2 Å². The van der Waals surface area contributed by atoms with Crippen LogP contribution in [0.3, 0.4) is 0 Å². The van der Waals surface area contributed by atoms with E-state index in [-0.39, 0.29) is 17.3 Å². The average molecular weight is 447 g/mol. The smallest absolute Gasteiger partial charge is 0.182 e. The maximum absolute atomic E-state index is 15.2. The van der Waals surface area contributed by atoms with E-state index in [1.165, 1.54) is 19.3 Å². The van der Waals surface area contributed by atoms with Crippen LogP contribution in [0, 0.1) is 29.4 Å². The van der Waals surface area contributed by atoms with E-state index in [4.69, 9.17) is 9.47 Å². The minimum absolute atomic E-state index is 0.235. The third kappa shape index (κ3) is 4.82. The monoisotopic (exact) mass is 446 g/mol. The number of fused-ring (bicyclic) bond motifs is 3. The molecule has 2 nitrogen and oxygen atoms in total. The molecule has 2 aromatic carbocycles. The molecule has 4 rings (SSSR count). The molecule has 0 unspecified atom stereocenters. The number of hydrogen-bond donors (Lipinski definition) is 0. The number of benzene rings is 2. The fourth-order valence-electron chi connectivity index (χ4n) is 4.44. The standard InChI is InChI=1S/C26H32F2O2S/c1-4-17-5-7-18(8-6-17)15-30-22-12-10-20-19-9-11-21(29-14-13-16(2)3)23(27)25(19)31-26(20)24(22)28/h9-12,16-18H,4-8,13-15H2,1-3H3/t17-,18-. The molecule has 0 spiro atoms. The first-order chi connectivity index (χ1) is 15.0. The SMILES string of the molecule is CC[C@H]1CC[C@H](COc2ccc3c(sc4c(F)c(OCCC(C)C)ccc43)c2F)CC1. The molecule has 0 bridgehead atoms. The Hall–Kier alpha value is -1.88. The van der Waals surface area contributed by atoms with Gasteiger partial charge >= 0.3 is 0 Å². The Morgan fingerprint density at radius 1 is 0.871 bits per heavy atom. The van der Waals surface area contributed by atoms with Gasteiger partial charge < -0.3 is 9.47 Å². The molecule has 168 valence electrons. The second-order valence-electron chi connectivity index (χ2n) is 9.25. The summed E-state index contributed by atoms with van der Waals surface area (Å²) >= 11 is 1.14. The van der Waals surface area contributed by atoms with E-state index in [1.54, 1.807) is 12.1 Å². The lowest BCUT2D eigenvalue weighted by Crippen LogP contribution is -2.20. The van der Waals surface area contributed by atoms with Crippen LogP contribution in [-0.2, 0) is 0 Å². The van der Waals surface area contributed by atoms with Gasteiger partial charge in [0.25, 0.3) is 0 Å². The molecule has 1 aromatic heterocycles. The zero-order valence-corrected chi connectivity index (χ0v) is 19.5. The summed E-state index contributed by atoms with van der Waals surface area (Å²) in [6, 6.07) is 7.01. The lowest BCUT2D eigenvalue weighted by Gasteiger charge is -2.27. The zero-order chi connectivity index (χ0) is 22.0. The topological polar surface area (TPSA) is 18.5 Å². The summed E-state index contributed by atoms with van der Waals surface area (Å²) < 4.78 is 42.7. The molecule has 0 amide bonds. The van der Waals surface area contributed by atoms with E-state index in [9.17, 15) is 0 Å². The van der Waals surface area contributed by atoms with Crippen molar-refractivity contribution in [2.24, 2.45) is 17.8 Å². The van der Waals surface area contributed by atoms with E-state index in [0.717, 1.165) is 47.3 Å². The minimum Gasteiger partial charge on any atom is -0.490 e. The van der Waals surface area contributed by atoms with Crippen molar-refractivity contribution in [2.45, 2.75) is 59.3 Å². The zero-order valence-electron chi connectivity index (χ0n) is 18.7. The molecule has 3 aromatic rings. The summed E-state index contributed by atoms with van der Waals surface area (Å²) in [7, 11) is 0. The fraction of sp³-hybridized carbons (Fsp3) is 0.538. The van der Waals surface area contributed by atoms with E-state index < -0.39 is 5.82 Å². The van der Waals surface area contributed by atoms with Crippen molar-refractivity contribution < 1.29 is 18.3 Å². The first kappa shape index (κ1) is 22.3. The van der Waals surface area contributed by atoms with Gasteiger partial charge in [0.05, 0.1) is 22.6 Å². The van der Waals surface area contributed by atoms with Gasteiger partial charge in [0, 0.05) is 10.8 Å². The summed E-state index contributed by atoms with van der Waals surface area (Å²) in [6.07, 6.45) is 6.88. The van der Waals surface area contributed by atoms with Crippen molar-refractivity contribution >= 4 is 31.5 Å². The van der Waals surface area contributed by atoms with E-state index in [0.29, 0.717) is 34.4 Å². The highest BCUT2D eigenvalue weighted by molar-refractivity contribution is 7.25. The highest BCUT2D eigenvalue weighted by Gasteiger charge is 2.22. The van der Waals surface area contributed by atoms with Crippen LogP contribution < -0.4 is 9.47 Å². The Morgan fingerprint density at radius 3 is 1.97 bits per heavy atom. The molecule has 0 radical (unpaired) electrons. The quantitative estimate of drug-likeness (QED) is 0.346. The van der Waals surface area contributed by atoms with Crippen LogP contribution in [0.15, 0.2) is 24.3 Å². The molecule has 0 aliphatic heterocycles. The van der Waals surface area contributed by atoms with Crippen LogP contribution in [0.25, 0.3) is 20.2 Å². The molecule has 1 fully saturated rings. The van der Waals surface area contributed by atoms with Crippen molar-refractivity contribution in [1.82, 2.24) is 0 Å². The Labute approximate surface area is 187 Å². The average Bonchev–Trinajstić information content (AvgIpc) is 3.15. The van der Waals surface area contributed by atoms with Gasteiger partial charge in [-0.1, -0.05) is 40.0 Å². The first-order valence-corrected chi connectivity index (χ1v) is 12.4. The Kier molecular flexibility index (Phi) is 7.00. The van der Waals surface area contributed by atoms with Crippen molar-refractivity contribution in [3.8, 4) is 11.5 Å². The normalized spacial score (nSPS) is 19.4. The number of rotatable bonds is 8. The van der Waals surface area contributed by atoms with Crippen molar-refractivity contribution in [2.75, 3.05) is 13.2 Å². The second-order valence-corrected chi connectivity index (χ2v) is 10.3. The lowest BCUT2D eigenvalue weighted by molar-refractivity contribution is 0.177. The number of ether oxygens (including phenoxy) is 2. The molecular weight excluding hydrogens is 414 g/mol. The molecule has 0 saturated heterocycles. The maximum Gasteiger partial charge on any atom is 0.182 e.